The second kappa shape index (κ2) is 5.88. The molecule has 0 aliphatic heterocycles. The monoisotopic (exact) mass is 340 g/mol. The molecule has 2 aromatic heterocycles. The number of carboxylic acids is 1. The number of thioether (sulfide) groups is 1. The lowest BCUT2D eigenvalue weighted by Gasteiger charge is -2.16. The fourth-order valence-electron chi connectivity index (χ4n) is 1.68. The lowest BCUT2D eigenvalue weighted by Crippen LogP contribution is -2.22. The number of hydrogen-bond donors (Lipinski definition) is 1. The summed E-state index contributed by atoms with van der Waals surface area (Å²) in [5.41, 5.74) is 1.50. The van der Waals surface area contributed by atoms with Crippen molar-refractivity contribution in [1.82, 2.24) is 9.97 Å². The van der Waals surface area contributed by atoms with Gasteiger partial charge in [0.1, 0.15) is 10.8 Å². The molecule has 2 aromatic rings. The van der Waals surface area contributed by atoms with Crippen molar-refractivity contribution in [3.05, 3.63) is 29.0 Å². The molecule has 0 radical (unpaired) electrons. The number of aliphatic carboxylic acids is 1. The van der Waals surface area contributed by atoms with E-state index in [4.69, 9.17) is 0 Å². The number of halogens is 1. The number of carboxylic acid groups (broad SMARTS) is 1. The van der Waals surface area contributed by atoms with Crippen molar-refractivity contribution in [1.29, 1.82) is 0 Å². The molecule has 1 N–H and O–H groups in total. The predicted molar refractivity (Wildman–Crippen MR) is 79.4 cm³/mol. The highest BCUT2D eigenvalue weighted by Gasteiger charge is 2.23. The van der Waals surface area contributed by atoms with Gasteiger partial charge in [0.15, 0.2) is 0 Å². The van der Waals surface area contributed by atoms with Gasteiger partial charge in [-0.15, -0.1) is 11.8 Å². The van der Waals surface area contributed by atoms with Gasteiger partial charge in [-0.05, 0) is 34.0 Å². The van der Waals surface area contributed by atoms with E-state index >= 15 is 0 Å². The first-order valence-electron chi connectivity index (χ1n) is 5.78. The molecule has 0 aliphatic carbocycles. The van der Waals surface area contributed by atoms with Gasteiger partial charge in [-0.25, -0.2) is 0 Å². The van der Waals surface area contributed by atoms with Gasteiger partial charge in [-0.2, -0.15) is 0 Å². The molecule has 2 heterocycles. The molecule has 0 fully saturated rings. The lowest BCUT2D eigenvalue weighted by molar-refractivity contribution is -0.137. The Kier molecular flexibility index (Phi) is 4.42. The van der Waals surface area contributed by atoms with Crippen LogP contribution in [0.5, 0.6) is 0 Å². The summed E-state index contributed by atoms with van der Waals surface area (Å²) in [6, 6.07) is 3.68. The minimum atomic E-state index is -0.804. The second-order valence-corrected chi connectivity index (χ2v) is 6.55. The molecule has 0 bridgehead atoms. The first-order chi connectivity index (χ1) is 8.99. The van der Waals surface area contributed by atoms with Crippen LogP contribution in [0.4, 0.5) is 0 Å². The molecule has 0 saturated heterocycles. The van der Waals surface area contributed by atoms with Crippen LogP contribution in [0, 0.1) is 5.92 Å². The zero-order chi connectivity index (χ0) is 14.0. The largest absolute Gasteiger partial charge is 0.480 e. The van der Waals surface area contributed by atoms with Crippen molar-refractivity contribution in [2.45, 2.75) is 24.0 Å². The molecule has 0 aromatic carbocycles. The van der Waals surface area contributed by atoms with Crippen molar-refractivity contribution in [3.8, 4) is 0 Å². The van der Waals surface area contributed by atoms with Crippen LogP contribution in [0.1, 0.15) is 13.8 Å². The summed E-state index contributed by atoms with van der Waals surface area (Å²) in [4.78, 5) is 20.7. The third kappa shape index (κ3) is 3.25. The van der Waals surface area contributed by atoms with E-state index in [2.05, 4.69) is 25.9 Å². The van der Waals surface area contributed by atoms with E-state index < -0.39 is 11.2 Å². The molecular weight excluding hydrogens is 328 g/mol. The molecule has 2 rings (SSSR count). The van der Waals surface area contributed by atoms with Crippen molar-refractivity contribution in [2.75, 3.05) is 0 Å². The second-order valence-electron chi connectivity index (χ2n) is 4.45. The first kappa shape index (κ1) is 14.3. The minimum absolute atomic E-state index is 0.0427. The minimum Gasteiger partial charge on any atom is -0.480 e. The summed E-state index contributed by atoms with van der Waals surface area (Å²) in [7, 11) is 0. The average molecular weight is 341 g/mol. The Hall–Kier alpha value is -1.14. The molecule has 6 heteroatoms. The fraction of sp³-hybridized carbons (Fsp3) is 0.308. The molecule has 0 saturated carbocycles. The van der Waals surface area contributed by atoms with Gasteiger partial charge in [0.05, 0.1) is 5.52 Å². The van der Waals surface area contributed by atoms with Crippen molar-refractivity contribution < 1.29 is 9.90 Å². The van der Waals surface area contributed by atoms with E-state index in [1.807, 2.05) is 26.0 Å². The normalized spacial score (nSPS) is 12.8. The van der Waals surface area contributed by atoms with Crippen LogP contribution in [-0.2, 0) is 4.79 Å². The summed E-state index contributed by atoms with van der Waals surface area (Å²) >= 11 is 4.67. The Balaban J connectivity index is 2.42. The predicted octanol–water partition coefficient (Wildman–Crippen LogP) is 3.59. The maximum Gasteiger partial charge on any atom is 0.317 e. The highest BCUT2D eigenvalue weighted by molar-refractivity contribution is 9.10. The number of aromatic nitrogens is 2. The quantitative estimate of drug-likeness (QED) is 0.861. The SMILES string of the molecule is CC(C)C(Sc1ccnc2cc(Br)cnc12)C(=O)O. The summed E-state index contributed by atoms with van der Waals surface area (Å²) in [6.45, 7) is 3.80. The average Bonchev–Trinajstić information content (AvgIpc) is 2.34. The van der Waals surface area contributed by atoms with Gasteiger partial charge in [-0.3, -0.25) is 14.8 Å². The lowest BCUT2D eigenvalue weighted by atomic mass is 10.1. The third-order valence-corrected chi connectivity index (χ3v) is 4.63. The first-order valence-corrected chi connectivity index (χ1v) is 7.46. The summed E-state index contributed by atoms with van der Waals surface area (Å²) < 4.78 is 0.855. The van der Waals surface area contributed by atoms with Crippen LogP contribution in [0.25, 0.3) is 11.0 Å². The maximum atomic E-state index is 11.3. The molecule has 0 aliphatic rings. The maximum absolute atomic E-state index is 11.3. The Labute approximate surface area is 123 Å². The topological polar surface area (TPSA) is 63.1 Å². The number of fused-ring (bicyclic) bond motifs is 1. The third-order valence-electron chi connectivity index (χ3n) is 2.61. The van der Waals surface area contributed by atoms with Gasteiger partial charge in [-0.1, -0.05) is 13.8 Å². The van der Waals surface area contributed by atoms with Crippen molar-refractivity contribution in [3.63, 3.8) is 0 Å². The zero-order valence-electron chi connectivity index (χ0n) is 10.5. The van der Waals surface area contributed by atoms with E-state index in [0.717, 1.165) is 20.4 Å². The fourth-order valence-corrected chi connectivity index (χ4v) is 3.06. The standard InChI is InChI=1S/C13H13BrN2O2S/c1-7(2)12(13(17)18)19-10-3-4-15-9-5-8(14)6-16-11(9)10/h3-7,12H,1-2H3,(H,17,18). The van der Waals surface area contributed by atoms with Crippen LogP contribution >= 0.6 is 27.7 Å². The molecule has 100 valence electrons. The van der Waals surface area contributed by atoms with E-state index in [1.165, 1.54) is 11.8 Å². The van der Waals surface area contributed by atoms with Crippen LogP contribution in [0.3, 0.4) is 0 Å². The molecule has 4 nitrogen and oxygen atoms in total. The summed E-state index contributed by atoms with van der Waals surface area (Å²) in [5, 5.41) is 8.77. The highest BCUT2D eigenvalue weighted by Crippen LogP contribution is 2.32. The number of nitrogens with zero attached hydrogens (tertiary/aromatic N) is 2. The highest BCUT2D eigenvalue weighted by atomic mass is 79.9. The Morgan fingerprint density at radius 1 is 1.42 bits per heavy atom. The Bertz CT molecular complexity index is 619. The van der Waals surface area contributed by atoms with E-state index in [-0.39, 0.29) is 5.92 Å². The van der Waals surface area contributed by atoms with Gasteiger partial charge >= 0.3 is 5.97 Å². The molecule has 1 atom stereocenters. The molecule has 19 heavy (non-hydrogen) atoms. The van der Waals surface area contributed by atoms with Crippen LogP contribution < -0.4 is 0 Å². The molecule has 0 spiro atoms. The van der Waals surface area contributed by atoms with Crippen LogP contribution in [-0.4, -0.2) is 26.3 Å². The molecule has 1 unspecified atom stereocenters. The molecule has 0 amide bonds. The van der Waals surface area contributed by atoms with Crippen molar-refractivity contribution in [2.24, 2.45) is 5.92 Å². The van der Waals surface area contributed by atoms with Gasteiger partial charge in [0.2, 0.25) is 0 Å². The van der Waals surface area contributed by atoms with E-state index in [1.54, 1.807) is 12.4 Å². The van der Waals surface area contributed by atoms with Gasteiger partial charge < -0.3 is 5.11 Å². The number of pyridine rings is 2. The molecular formula is C13H13BrN2O2S. The van der Waals surface area contributed by atoms with Gasteiger partial charge in [0, 0.05) is 21.8 Å². The zero-order valence-corrected chi connectivity index (χ0v) is 12.9. The van der Waals surface area contributed by atoms with Crippen LogP contribution in [0.15, 0.2) is 33.9 Å². The van der Waals surface area contributed by atoms with E-state index in [9.17, 15) is 9.90 Å². The summed E-state index contributed by atoms with van der Waals surface area (Å²) in [5.74, 6) is -0.761. The smallest absolute Gasteiger partial charge is 0.317 e. The Morgan fingerprint density at radius 2 is 2.16 bits per heavy atom. The van der Waals surface area contributed by atoms with Crippen molar-refractivity contribution >= 4 is 44.7 Å². The van der Waals surface area contributed by atoms with E-state index in [0.29, 0.717) is 0 Å². The number of carbonyl (C=O) groups is 1. The number of rotatable bonds is 4. The number of hydrogen-bond acceptors (Lipinski definition) is 4. The van der Waals surface area contributed by atoms with Crippen LogP contribution in [0.2, 0.25) is 0 Å². The Morgan fingerprint density at radius 3 is 2.79 bits per heavy atom. The van der Waals surface area contributed by atoms with Gasteiger partial charge in [0.25, 0.3) is 0 Å². The summed E-state index contributed by atoms with van der Waals surface area (Å²) in [6.07, 6.45) is 3.37.